The van der Waals surface area contributed by atoms with E-state index in [0.29, 0.717) is 17.4 Å². The zero-order valence-electron chi connectivity index (χ0n) is 9.61. The number of hydrogen-bond donors (Lipinski definition) is 3. The van der Waals surface area contributed by atoms with Crippen LogP contribution in [0.2, 0.25) is 0 Å². The minimum Gasteiger partial charge on any atom is -0.382 e. The normalized spacial score (nSPS) is 20.8. The fourth-order valence-corrected chi connectivity index (χ4v) is 2.36. The molecule has 2 aromatic rings. The first-order valence-electron chi connectivity index (χ1n) is 5.98. The molecule has 1 aliphatic rings. The van der Waals surface area contributed by atoms with Gasteiger partial charge in [0.1, 0.15) is 17.7 Å². The lowest BCUT2D eigenvalue weighted by molar-refractivity contribution is 0.371. The summed E-state index contributed by atoms with van der Waals surface area (Å²) < 4.78 is 0. The molecule has 3 rings (SSSR count). The number of fused-ring (bicyclic) bond motifs is 1. The van der Waals surface area contributed by atoms with E-state index in [0.717, 1.165) is 30.9 Å². The number of aromatic amines is 1. The van der Waals surface area contributed by atoms with Crippen LogP contribution >= 0.6 is 0 Å². The molecule has 1 fully saturated rings. The monoisotopic (exact) mass is 232 g/mol. The number of nitrogens with one attached hydrogen (secondary N) is 2. The molecule has 17 heavy (non-hydrogen) atoms. The second kappa shape index (κ2) is 4.29. The van der Waals surface area contributed by atoms with Gasteiger partial charge in [0.2, 0.25) is 0 Å². The van der Waals surface area contributed by atoms with E-state index in [9.17, 15) is 0 Å². The zero-order chi connectivity index (χ0) is 11.7. The summed E-state index contributed by atoms with van der Waals surface area (Å²) in [6, 6.07) is 0. The number of anilines is 1. The largest absolute Gasteiger partial charge is 0.382 e. The molecular weight excluding hydrogens is 216 g/mol. The van der Waals surface area contributed by atoms with Gasteiger partial charge in [-0.1, -0.05) is 0 Å². The average Bonchev–Trinajstić information content (AvgIpc) is 2.74. The van der Waals surface area contributed by atoms with Crippen molar-refractivity contribution in [1.29, 1.82) is 0 Å². The Morgan fingerprint density at radius 1 is 1.41 bits per heavy atom. The summed E-state index contributed by atoms with van der Waals surface area (Å²) in [5, 5.41) is 3.41. The summed E-state index contributed by atoms with van der Waals surface area (Å²) in [7, 11) is 0. The van der Waals surface area contributed by atoms with Gasteiger partial charge in [-0.2, -0.15) is 0 Å². The van der Waals surface area contributed by atoms with Gasteiger partial charge in [-0.05, 0) is 31.8 Å². The Morgan fingerprint density at radius 3 is 3.12 bits per heavy atom. The van der Waals surface area contributed by atoms with Crippen molar-refractivity contribution in [3.63, 3.8) is 0 Å². The lowest BCUT2D eigenvalue weighted by atomic mass is 9.96. The van der Waals surface area contributed by atoms with Crippen molar-refractivity contribution < 1.29 is 0 Å². The van der Waals surface area contributed by atoms with E-state index < -0.39 is 0 Å². The molecule has 0 saturated carbocycles. The van der Waals surface area contributed by atoms with Gasteiger partial charge in [0.05, 0.1) is 0 Å². The number of aromatic nitrogens is 4. The number of imidazole rings is 1. The molecule has 1 saturated heterocycles. The smallest absolute Gasteiger partial charge is 0.183 e. The first-order valence-corrected chi connectivity index (χ1v) is 5.98. The number of nitrogens with two attached hydrogens (primary N) is 1. The highest BCUT2D eigenvalue weighted by Crippen LogP contribution is 2.18. The zero-order valence-corrected chi connectivity index (χ0v) is 9.61. The molecule has 0 spiro atoms. The van der Waals surface area contributed by atoms with Gasteiger partial charge in [0, 0.05) is 6.42 Å². The third-order valence-electron chi connectivity index (χ3n) is 3.25. The van der Waals surface area contributed by atoms with Crippen LogP contribution in [-0.2, 0) is 6.42 Å². The highest BCUT2D eigenvalue weighted by molar-refractivity contribution is 5.80. The highest BCUT2D eigenvalue weighted by atomic mass is 15.0. The van der Waals surface area contributed by atoms with Gasteiger partial charge in [0.15, 0.2) is 11.5 Å². The molecule has 0 bridgehead atoms. The van der Waals surface area contributed by atoms with Crippen molar-refractivity contribution in [2.45, 2.75) is 19.3 Å². The fourth-order valence-electron chi connectivity index (χ4n) is 2.36. The van der Waals surface area contributed by atoms with Gasteiger partial charge >= 0.3 is 0 Å². The molecule has 4 N–H and O–H groups in total. The van der Waals surface area contributed by atoms with Crippen LogP contribution in [-0.4, -0.2) is 33.0 Å². The molecule has 0 radical (unpaired) electrons. The van der Waals surface area contributed by atoms with Gasteiger partial charge < -0.3 is 16.0 Å². The summed E-state index contributed by atoms with van der Waals surface area (Å²) in [5.74, 6) is 2.08. The molecule has 1 atom stereocenters. The molecule has 1 aliphatic heterocycles. The van der Waals surface area contributed by atoms with Gasteiger partial charge in [-0.25, -0.2) is 15.0 Å². The van der Waals surface area contributed by atoms with Crippen molar-refractivity contribution in [3.8, 4) is 0 Å². The number of nitrogen functional groups attached to an aromatic ring is 1. The van der Waals surface area contributed by atoms with E-state index in [1.165, 1.54) is 19.2 Å². The third kappa shape index (κ3) is 2.08. The Balaban J connectivity index is 1.83. The number of piperidine rings is 1. The molecule has 0 aromatic carbocycles. The first kappa shape index (κ1) is 10.5. The molecular formula is C11H16N6. The number of H-pyrrole nitrogens is 1. The van der Waals surface area contributed by atoms with Crippen molar-refractivity contribution in [2.24, 2.45) is 5.92 Å². The topological polar surface area (TPSA) is 92.5 Å². The average molecular weight is 232 g/mol. The second-order valence-electron chi connectivity index (χ2n) is 4.56. The van der Waals surface area contributed by atoms with E-state index in [1.54, 1.807) is 0 Å². The summed E-state index contributed by atoms with van der Waals surface area (Å²) in [6.07, 6.45) is 4.89. The molecule has 2 aromatic heterocycles. The predicted molar refractivity (Wildman–Crippen MR) is 65.4 cm³/mol. The van der Waals surface area contributed by atoms with Crippen LogP contribution in [0.15, 0.2) is 6.33 Å². The molecule has 6 heteroatoms. The van der Waals surface area contributed by atoms with Crippen molar-refractivity contribution in [1.82, 2.24) is 25.3 Å². The maximum absolute atomic E-state index is 5.77. The van der Waals surface area contributed by atoms with Crippen LogP contribution in [0.4, 0.5) is 5.82 Å². The Hall–Kier alpha value is -1.69. The lowest BCUT2D eigenvalue weighted by Crippen LogP contribution is -2.31. The van der Waals surface area contributed by atoms with Crippen LogP contribution < -0.4 is 11.1 Å². The Kier molecular flexibility index (Phi) is 2.64. The van der Waals surface area contributed by atoms with Crippen LogP contribution in [0.3, 0.4) is 0 Å². The maximum atomic E-state index is 5.77. The van der Waals surface area contributed by atoms with E-state index in [4.69, 9.17) is 5.73 Å². The number of hydrogen-bond acceptors (Lipinski definition) is 5. The SMILES string of the molecule is Nc1ncnc2nc(CC3CCCNC3)[nH]c12. The van der Waals surface area contributed by atoms with Gasteiger partial charge in [-0.15, -0.1) is 0 Å². The molecule has 0 amide bonds. The molecule has 0 aliphatic carbocycles. The molecule has 90 valence electrons. The third-order valence-corrected chi connectivity index (χ3v) is 3.25. The van der Waals surface area contributed by atoms with Crippen molar-refractivity contribution >= 4 is 17.0 Å². The molecule has 3 heterocycles. The van der Waals surface area contributed by atoms with Crippen LogP contribution in [0.25, 0.3) is 11.2 Å². The number of nitrogens with zero attached hydrogens (tertiary/aromatic N) is 3. The van der Waals surface area contributed by atoms with Crippen molar-refractivity contribution in [3.05, 3.63) is 12.2 Å². The molecule has 1 unspecified atom stereocenters. The van der Waals surface area contributed by atoms with E-state index in [2.05, 4.69) is 25.3 Å². The Labute approximate surface area is 99.1 Å². The van der Waals surface area contributed by atoms with Gasteiger partial charge in [-0.3, -0.25) is 0 Å². The summed E-state index contributed by atoms with van der Waals surface area (Å²) in [5.41, 5.74) is 7.19. The predicted octanol–water partition coefficient (Wildman–Crippen LogP) is 0.477. The summed E-state index contributed by atoms with van der Waals surface area (Å²) in [6.45, 7) is 2.20. The van der Waals surface area contributed by atoms with Gasteiger partial charge in [0.25, 0.3) is 0 Å². The lowest BCUT2D eigenvalue weighted by Gasteiger charge is -2.21. The minimum atomic E-state index is 0.468. The fraction of sp³-hybridized carbons (Fsp3) is 0.545. The maximum Gasteiger partial charge on any atom is 0.183 e. The van der Waals surface area contributed by atoms with Crippen LogP contribution in [0.1, 0.15) is 18.7 Å². The Bertz CT molecular complexity index is 514. The highest BCUT2D eigenvalue weighted by Gasteiger charge is 2.16. The van der Waals surface area contributed by atoms with E-state index in [1.807, 2.05) is 0 Å². The Morgan fingerprint density at radius 2 is 2.35 bits per heavy atom. The quantitative estimate of drug-likeness (QED) is 0.700. The van der Waals surface area contributed by atoms with Crippen LogP contribution in [0, 0.1) is 5.92 Å². The van der Waals surface area contributed by atoms with Crippen LogP contribution in [0.5, 0.6) is 0 Å². The second-order valence-corrected chi connectivity index (χ2v) is 4.56. The van der Waals surface area contributed by atoms with Crippen molar-refractivity contribution in [2.75, 3.05) is 18.8 Å². The van der Waals surface area contributed by atoms with E-state index >= 15 is 0 Å². The summed E-state index contributed by atoms with van der Waals surface area (Å²) in [4.78, 5) is 15.7. The number of rotatable bonds is 2. The summed E-state index contributed by atoms with van der Waals surface area (Å²) >= 11 is 0. The molecule has 6 nitrogen and oxygen atoms in total. The van der Waals surface area contributed by atoms with E-state index in [-0.39, 0.29) is 0 Å². The first-order chi connectivity index (χ1) is 8.33. The standard InChI is InChI=1S/C11H16N6/c12-10-9-11(15-6-14-10)17-8(16-9)4-7-2-1-3-13-5-7/h6-7,13H,1-5H2,(H3,12,14,15,16,17). The minimum absolute atomic E-state index is 0.468.